The zero-order valence-electron chi connectivity index (χ0n) is 18.6. The van der Waals surface area contributed by atoms with Gasteiger partial charge in [-0.1, -0.05) is 29.4 Å². The summed E-state index contributed by atoms with van der Waals surface area (Å²) in [5, 5.41) is 6.90. The van der Waals surface area contributed by atoms with Gasteiger partial charge in [-0.25, -0.2) is 0 Å². The fourth-order valence-corrected chi connectivity index (χ4v) is 4.92. The molecule has 1 unspecified atom stereocenters. The van der Waals surface area contributed by atoms with Gasteiger partial charge in [-0.05, 0) is 56.1 Å². The quantitative estimate of drug-likeness (QED) is 0.484. The summed E-state index contributed by atoms with van der Waals surface area (Å²) in [6.07, 6.45) is 1.85. The first-order chi connectivity index (χ1) is 16.0. The topological polar surface area (TPSA) is 101 Å². The Balaban J connectivity index is 1.35. The minimum absolute atomic E-state index is 0.0664. The predicted molar refractivity (Wildman–Crippen MR) is 129 cm³/mol. The third kappa shape index (κ3) is 6.24. The number of nitrogens with zero attached hydrogens (tertiary/aromatic N) is 2. The van der Waals surface area contributed by atoms with E-state index in [1.807, 2.05) is 61.5 Å². The Kier molecular flexibility index (Phi) is 7.47. The lowest BCUT2D eigenvalue weighted by molar-refractivity contribution is -0.123. The molecule has 1 fully saturated rings. The van der Waals surface area contributed by atoms with E-state index >= 15 is 0 Å². The molecular formula is C25H28N4O3S. The molecule has 0 saturated carbocycles. The van der Waals surface area contributed by atoms with Crippen LogP contribution in [0.1, 0.15) is 40.2 Å². The van der Waals surface area contributed by atoms with Crippen molar-refractivity contribution < 1.29 is 14.1 Å². The highest BCUT2D eigenvalue weighted by atomic mass is 32.2. The third-order valence-corrected chi connectivity index (χ3v) is 6.80. The van der Waals surface area contributed by atoms with E-state index < -0.39 is 0 Å². The molecule has 2 amide bonds. The van der Waals surface area contributed by atoms with E-state index in [0.29, 0.717) is 17.9 Å². The van der Waals surface area contributed by atoms with Crippen LogP contribution < -0.4 is 11.1 Å². The van der Waals surface area contributed by atoms with Crippen LogP contribution in [0.25, 0.3) is 0 Å². The van der Waals surface area contributed by atoms with E-state index in [9.17, 15) is 9.59 Å². The summed E-state index contributed by atoms with van der Waals surface area (Å²) in [5.41, 5.74) is 8.82. The fourth-order valence-electron chi connectivity index (χ4n) is 3.99. The van der Waals surface area contributed by atoms with Crippen LogP contribution in [-0.4, -0.2) is 35.0 Å². The standard InChI is InChI=1S/C25H28N4O3S/c1-17-13-21(32-28-17)16-33-23-7-3-2-6-22(23)25(31)27-20-10-8-18(9-11-20)14-29-12-4-5-19(15-29)24(26)30/h2-3,6-11,13,19H,4-5,12,14-16H2,1H3,(H2,26,30)(H,27,31). The van der Waals surface area contributed by atoms with E-state index in [4.69, 9.17) is 10.3 Å². The van der Waals surface area contributed by atoms with Crippen LogP contribution in [0.3, 0.4) is 0 Å². The Morgan fingerprint density at radius 3 is 2.73 bits per heavy atom. The molecule has 4 rings (SSSR count). The lowest BCUT2D eigenvalue weighted by atomic mass is 9.97. The number of likely N-dealkylation sites (tertiary alicyclic amines) is 1. The first kappa shape index (κ1) is 23.1. The SMILES string of the molecule is Cc1cc(CSc2ccccc2C(=O)Nc2ccc(CN3CCCC(C(N)=O)C3)cc2)on1. The molecule has 0 aliphatic carbocycles. The summed E-state index contributed by atoms with van der Waals surface area (Å²) in [6, 6.07) is 17.3. The lowest BCUT2D eigenvalue weighted by Crippen LogP contribution is -2.40. The summed E-state index contributed by atoms with van der Waals surface area (Å²) in [7, 11) is 0. The molecule has 3 aromatic rings. The summed E-state index contributed by atoms with van der Waals surface area (Å²) >= 11 is 1.54. The number of aryl methyl sites for hydroxylation is 1. The Bertz CT molecular complexity index is 1110. The molecule has 2 aromatic carbocycles. The van der Waals surface area contributed by atoms with Gasteiger partial charge in [0, 0.05) is 29.7 Å². The zero-order valence-corrected chi connectivity index (χ0v) is 19.4. The molecule has 1 aliphatic heterocycles. The molecule has 1 saturated heterocycles. The number of benzene rings is 2. The lowest BCUT2D eigenvalue weighted by Gasteiger charge is -2.31. The molecule has 3 N–H and O–H groups in total. The summed E-state index contributed by atoms with van der Waals surface area (Å²) in [5.74, 6) is 0.946. The maximum Gasteiger partial charge on any atom is 0.256 e. The molecule has 1 aliphatic rings. The molecule has 0 bridgehead atoms. The van der Waals surface area contributed by atoms with Gasteiger partial charge >= 0.3 is 0 Å². The van der Waals surface area contributed by atoms with Crippen molar-refractivity contribution in [2.75, 3.05) is 18.4 Å². The van der Waals surface area contributed by atoms with E-state index in [2.05, 4.69) is 15.4 Å². The van der Waals surface area contributed by atoms with Crippen LogP contribution >= 0.6 is 11.8 Å². The summed E-state index contributed by atoms with van der Waals surface area (Å²) in [4.78, 5) is 27.6. The normalized spacial score (nSPS) is 16.5. The fraction of sp³-hybridized carbons (Fsp3) is 0.320. The van der Waals surface area contributed by atoms with Crippen LogP contribution in [0.5, 0.6) is 0 Å². The van der Waals surface area contributed by atoms with Gasteiger partial charge in [0.25, 0.3) is 5.91 Å². The van der Waals surface area contributed by atoms with E-state index in [0.717, 1.165) is 53.5 Å². The van der Waals surface area contributed by atoms with Gasteiger partial charge in [-0.2, -0.15) is 0 Å². The van der Waals surface area contributed by atoms with Crippen LogP contribution in [-0.2, 0) is 17.1 Å². The van der Waals surface area contributed by atoms with Gasteiger partial charge in [0.1, 0.15) is 5.76 Å². The first-order valence-corrected chi connectivity index (χ1v) is 12.0. The van der Waals surface area contributed by atoms with Crippen molar-refractivity contribution in [1.82, 2.24) is 10.1 Å². The van der Waals surface area contributed by atoms with Crippen LogP contribution in [0, 0.1) is 12.8 Å². The highest BCUT2D eigenvalue weighted by molar-refractivity contribution is 7.98. The average Bonchev–Trinajstić information content (AvgIpc) is 3.24. The van der Waals surface area contributed by atoms with Crippen molar-refractivity contribution in [2.24, 2.45) is 11.7 Å². The molecular weight excluding hydrogens is 436 g/mol. The first-order valence-electron chi connectivity index (χ1n) is 11.0. The number of carbonyl (C=O) groups excluding carboxylic acids is 2. The van der Waals surface area contributed by atoms with Crippen molar-refractivity contribution in [3.8, 4) is 0 Å². The smallest absolute Gasteiger partial charge is 0.256 e. The van der Waals surface area contributed by atoms with Gasteiger partial charge in [-0.3, -0.25) is 14.5 Å². The highest BCUT2D eigenvalue weighted by Gasteiger charge is 2.23. The van der Waals surface area contributed by atoms with Gasteiger partial charge in [0.05, 0.1) is 22.9 Å². The third-order valence-electron chi connectivity index (χ3n) is 5.70. The number of primary amides is 1. The number of piperidine rings is 1. The number of carbonyl (C=O) groups is 2. The molecule has 33 heavy (non-hydrogen) atoms. The Hall–Kier alpha value is -3.10. The number of nitrogens with one attached hydrogen (secondary N) is 1. The van der Waals surface area contributed by atoms with Gasteiger partial charge in [0.15, 0.2) is 0 Å². The number of hydrogen-bond acceptors (Lipinski definition) is 6. The summed E-state index contributed by atoms with van der Waals surface area (Å²) < 4.78 is 5.27. The highest BCUT2D eigenvalue weighted by Crippen LogP contribution is 2.27. The number of amides is 2. The van der Waals surface area contributed by atoms with Crippen LogP contribution in [0.4, 0.5) is 5.69 Å². The van der Waals surface area contributed by atoms with Gasteiger partial charge in [-0.15, -0.1) is 11.8 Å². The number of anilines is 1. The Morgan fingerprint density at radius 1 is 1.21 bits per heavy atom. The second kappa shape index (κ2) is 10.7. The van der Waals surface area contributed by atoms with Crippen LogP contribution in [0.2, 0.25) is 0 Å². The molecule has 0 radical (unpaired) electrons. The minimum Gasteiger partial charge on any atom is -0.369 e. The molecule has 2 heterocycles. The Morgan fingerprint density at radius 2 is 2.00 bits per heavy atom. The van der Waals surface area contributed by atoms with Crippen LogP contribution in [0.15, 0.2) is 64.0 Å². The van der Waals surface area contributed by atoms with Gasteiger partial charge in [0.2, 0.25) is 5.91 Å². The molecule has 1 aromatic heterocycles. The predicted octanol–water partition coefficient (Wildman–Crippen LogP) is 4.22. The molecule has 1 atom stereocenters. The number of hydrogen-bond donors (Lipinski definition) is 2. The molecule has 7 nitrogen and oxygen atoms in total. The average molecular weight is 465 g/mol. The maximum atomic E-state index is 12.9. The second-order valence-corrected chi connectivity index (χ2v) is 9.36. The molecule has 0 spiro atoms. The van der Waals surface area contributed by atoms with Crippen molar-refractivity contribution in [3.63, 3.8) is 0 Å². The van der Waals surface area contributed by atoms with Crippen molar-refractivity contribution in [2.45, 2.75) is 37.0 Å². The minimum atomic E-state index is -0.216. The molecule has 172 valence electrons. The number of nitrogens with two attached hydrogens (primary N) is 1. The number of aromatic nitrogens is 1. The maximum absolute atomic E-state index is 12.9. The van der Waals surface area contributed by atoms with Crippen molar-refractivity contribution in [1.29, 1.82) is 0 Å². The number of rotatable bonds is 8. The monoisotopic (exact) mass is 464 g/mol. The summed E-state index contributed by atoms with van der Waals surface area (Å²) in [6.45, 7) is 4.31. The zero-order chi connectivity index (χ0) is 23.2. The van der Waals surface area contributed by atoms with Crippen molar-refractivity contribution >= 4 is 29.3 Å². The van der Waals surface area contributed by atoms with E-state index in [1.165, 1.54) is 0 Å². The largest absolute Gasteiger partial charge is 0.369 e. The van der Waals surface area contributed by atoms with Gasteiger partial charge < -0.3 is 15.6 Å². The molecule has 8 heteroatoms. The second-order valence-electron chi connectivity index (χ2n) is 8.35. The number of thioether (sulfide) groups is 1. The van der Waals surface area contributed by atoms with E-state index in [1.54, 1.807) is 11.8 Å². The van der Waals surface area contributed by atoms with Crippen molar-refractivity contribution in [3.05, 3.63) is 77.2 Å². The Labute approximate surface area is 197 Å². The van der Waals surface area contributed by atoms with E-state index in [-0.39, 0.29) is 17.7 Å².